The van der Waals surface area contributed by atoms with Gasteiger partial charge in [0.15, 0.2) is 0 Å². The molecular formula is C15H25N3O. The van der Waals surface area contributed by atoms with E-state index in [0.29, 0.717) is 17.2 Å². The minimum Gasteiger partial charge on any atom is -0.399 e. The van der Waals surface area contributed by atoms with Gasteiger partial charge < -0.3 is 15.5 Å². The maximum Gasteiger partial charge on any atom is 0.255 e. The molecule has 0 fully saturated rings. The molecule has 1 aromatic carbocycles. The van der Waals surface area contributed by atoms with Crippen molar-refractivity contribution < 1.29 is 4.79 Å². The van der Waals surface area contributed by atoms with E-state index in [0.717, 1.165) is 18.7 Å². The van der Waals surface area contributed by atoms with E-state index in [1.807, 2.05) is 13.1 Å². The Morgan fingerprint density at radius 1 is 1.32 bits per heavy atom. The van der Waals surface area contributed by atoms with Crippen LogP contribution in [0.1, 0.15) is 30.6 Å². The maximum atomic E-state index is 12.2. The Labute approximate surface area is 116 Å². The van der Waals surface area contributed by atoms with Crippen molar-refractivity contribution in [3.05, 3.63) is 23.8 Å². The van der Waals surface area contributed by atoms with Crippen LogP contribution in [-0.4, -0.2) is 38.5 Å². The molecule has 0 aliphatic heterocycles. The number of amides is 1. The van der Waals surface area contributed by atoms with Crippen molar-refractivity contribution in [2.45, 2.75) is 20.3 Å². The van der Waals surface area contributed by atoms with Crippen LogP contribution >= 0.6 is 0 Å². The van der Waals surface area contributed by atoms with Crippen LogP contribution in [0.5, 0.6) is 0 Å². The molecule has 0 saturated carbocycles. The van der Waals surface area contributed by atoms with Crippen LogP contribution < -0.4 is 10.6 Å². The van der Waals surface area contributed by atoms with Gasteiger partial charge in [-0.05, 0) is 24.1 Å². The fourth-order valence-corrected chi connectivity index (χ4v) is 1.98. The van der Waals surface area contributed by atoms with Crippen molar-refractivity contribution in [2.75, 3.05) is 38.3 Å². The molecule has 1 aromatic rings. The fourth-order valence-electron chi connectivity index (χ4n) is 1.98. The lowest BCUT2D eigenvalue weighted by Gasteiger charge is -2.26. The van der Waals surface area contributed by atoms with E-state index in [1.54, 1.807) is 31.1 Å². The van der Waals surface area contributed by atoms with E-state index in [2.05, 4.69) is 18.7 Å². The summed E-state index contributed by atoms with van der Waals surface area (Å²) in [7, 11) is 5.53. The van der Waals surface area contributed by atoms with Crippen LogP contribution in [0.15, 0.2) is 18.2 Å². The summed E-state index contributed by atoms with van der Waals surface area (Å²) in [6, 6.07) is 5.45. The Hall–Kier alpha value is -1.71. The zero-order valence-electron chi connectivity index (χ0n) is 12.6. The highest BCUT2D eigenvalue weighted by atomic mass is 16.2. The van der Waals surface area contributed by atoms with Crippen molar-refractivity contribution in [1.82, 2.24) is 4.90 Å². The quantitative estimate of drug-likeness (QED) is 0.830. The first-order valence-electron chi connectivity index (χ1n) is 6.69. The maximum absolute atomic E-state index is 12.2. The molecule has 4 heteroatoms. The van der Waals surface area contributed by atoms with Gasteiger partial charge in [-0.2, -0.15) is 0 Å². The Bertz CT molecular complexity index is 443. The summed E-state index contributed by atoms with van der Waals surface area (Å²) < 4.78 is 0. The number of nitrogens with zero attached hydrogens (tertiary/aromatic N) is 2. The molecule has 1 atom stereocenters. The molecule has 0 heterocycles. The summed E-state index contributed by atoms with van der Waals surface area (Å²) in [5, 5.41) is 0. The lowest BCUT2D eigenvalue weighted by Crippen LogP contribution is -2.28. The third-order valence-corrected chi connectivity index (χ3v) is 3.35. The number of hydrogen-bond acceptors (Lipinski definition) is 3. The van der Waals surface area contributed by atoms with Crippen LogP contribution in [0.2, 0.25) is 0 Å². The number of carbonyl (C=O) groups is 1. The zero-order chi connectivity index (χ0) is 14.6. The van der Waals surface area contributed by atoms with Gasteiger partial charge in [-0.25, -0.2) is 0 Å². The highest BCUT2D eigenvalue weighted by molar-refractivity contribution is 6.00. The van der Waals surface area contributed by atoms with Gasteiger partial charge in [0.05, 0.1) is 11.3 Å². The number of nitrogen functional groups attached to an aromatic ring is 1. The van der Waals surface area contributed by atoms with Crippen LogP contribution in [0.4, 0.5) is 11.4 Å². The van der Waals surface area contributed by atoms with E-state index in [9.17, 15) is 4.79 Å². The average molecular weight is 263 g/mol. The summed E-state index contributed by atoms with van der Waals surface area (Å²) in [6.07, 6.45) is 1.11. The second kappa shape index (κ2) is 6.45. The molecule has 1 unspecified atom stereocenters. The van der Waals surface area contributed by atoms with Gasteiger partial charge in [-0.1, -0.05) is 20.3 Å². The number of hydrogen-bond donors (Lipinski definition) is 1. The van der Waals surface area contributed by atoms with E-state index in [1.165, 1.54) is 0 Å². The molecule has 19 heavy (non-hydrogen) atoms. The first-order valence-corrected chi connectivity index (χ1v) is 6.69. The van der Waals surface area contributed by atoms with Crippen molar-refractivity contribution in [2.24, 2.45) is 5.92 Å². The smallest absolute Gasteiger partial charge is 0.255 e. The van der Waals surface area contributed by atoms with Crippen molar-refractivity contribution in [3.8, 4) is 0 Å². The molecule has 0 saturated heterocycles. The number of nitrogens with two attached hydrogens (primary N) is 1. The van der Waals surface area contributed by atoms with Crippen LogP contribution in [0.3, 0.4) is 0 Å². The second-order valence-electron chi connectivity index (χ2n) is 5.37. The number of benzene rings is 1. The zero-order valence-corrected chi connectivity index (χ0v) is 12.6. The molecule has 0 radical (unpaired) electrons. The van der Waals surface area contributed by atoms with Crippen molar-refractivity contribution in [1.29, 1.82) is 0 Å². The summed E-state index contributed by atoms with van der Waals surface area (Å²) in [6.45, 7) is 5.29. The van der Waals surface area contributed by atoms with Gasteiger partial charge in [-0.15, -0.1) is 0 Å². The normalized spacial score (nSPS) is 12.1. The summed E-state index contributed by atoms with van der Waals surface area (Å²) in [5.41, 5.74) is 8.14. The third-order valence-electron chi connectivity index (χ3n) is 3.35. The summed E-state index contributed by atoms with van der Waals surface area (Å²) in [4.78, 5) is 15.9. The molecular weight excluding hydrogens is 238 g/mol. The van der Waals surface area contributed by atoms with Gasteiger partial charge in [-0.3, -0.25) is 4.79 Å². The Morgan fingerprint density at radius 2 is 1.95 bits per heavy atom. The van der Waals surface area contributed by atoms with Crippen LogP contribution in [-0.2, 0) is 0 Å². The molecule has 0 spiro atoms. The van der Waals surface area contributed by atoms with Crippen LogP contribution in [0.25, 0.3) is 0 Å². The third kappa shape index (κ3) is 3.88. The Morgan fingerprint density at radius 3 is 2.47 bits per heavy atom. The molecule has 2 N–H and O–H groups in total. The largest absolute Gasteiger partial charge is 0.399 e. The topological polar surface area (TPSA) is 49.6 Å². The highest BCUT2D eigenvalue weighted by Gasteiger charge is 2.17. The lowest BCUT2D eigenvalue weighted by molar-refractivity contribution is 0.0828. The van der Waals surface area contributed by atoms with E-state index in [-0.39, 0.29) is 5.91 Å². The minimum atomic E-state index is 0.00556. The minimum absolute atomic E-state index is 0.00556. The van der Waals surface area contributed by atoms with Gasteiger partial charge >= 0.3 is 0 Å². The van der Waals surface area contributed by atoms with Gasteiger partial charge in [0.1, 0.15) is 0 Å². The standard InChI is InChI=1S/C15H25N3O/c1-6-11(2)10-18(5)14-9-12(16)7-8-13(14)15(19)17(3)4/h7-9,11H,6,10,16H2,1-5H3. The Kier molecular flexibility index (Phi) is 5.21. The number of anilines is 2. The molecule has 0 bridgehead atoms. The molecule has 4 nitrogen and oxygen atoms in total. The van der Waals surface area contributed by atoms with Crippen molar-refractivity contribution >= 4 is 17.3 Å². The SMILES string of the molecule is CCC(C)CN(C)c1cc(N)ccc1C(=O)N(C)C. The lowest BCUT2D eigenvalue weighted by atomic mass is 10.1. The number of rotatable bonds is 5. The van der Waals surface area contributed by atoms with Crippen LogP contribution in [0, 0.1) is 5.92 Å². The first kappa shape index (κ1) is 15.3. The monoisotopic (exact) mass is 263 g/mol. The molecule has 0 aliphatic carbocycles. The van der Waals surface area contributed by atoms with Gasteiger partial charge in [0.2, 0.25) is 0 Å². The fraction of sp³-hybridized carbons (Fsp3) is 0.533. The second-order valence-corrected chi connectivity index (χ2v) is 5.37. The van der Waals surface area contributed by atoms with E-state index < -0.39 is 0 Å². The average Bonchev–Trinajstić information content (AvgIpc) is 2.37. The highest BCUT2D eigenvalue weighted by Crippen LogP contribution is 2.24. The predicted octanol–water partition coefficient (Wildman–Crippen LogP) is 2.45. The van der Waals surface area contributed by atoms with Gasteiger partial charge in [0.25, 0.3) is 5.91 Å². The Balaban J connectivity index is 3.10. The van der Waals surface area contributed by atoms with Crippen molar-refractivity contribution in [3.63, 3.8) is 0 Å². The number of carbonyl (C=O) groups excluding carboxylic acids is 1. The molecule has 1 rings (SSSR count). The van der Waals surface area contributed by atoms with E-state index in [4.69, 9.17) is 5.73 Å². The molecule has 106 valence electrons. The molecule has 0 aliphatic rings. The summed E-state index contributed by atoms with van der Waals surface area (Å²) >= 11 is 0. The van der Waals surface area contributed by atoms with E-state index >= 15 is 0 Å². The molecule has 1 amide bonds. The molecule has 0 aromatic heterocycles. The first-order chi connectivity index (χ1) is 8.86. The van der Waals surface area contributed by atoms with Gasteiger partial charge in [0, 0.05) is 33.4 Å². The predicted molar refractivity (Wildman–Crippen MR) is 81.6 cm³/mol. The summed E-state index contributed by atoms with van der Waals surface area (Å²) in [5.74, 6) is 0.583.